The van der Waals surface area contributed by atoms with Crippen LogP contribution in [0.4, 0.5) is 0 Å². The first-order valence-electron chi connectivity index (χ1n) is 4.76. The summed E-state index contributed by atoms with van der Waals surface area (Å²) in [5.74, 6) is -1.56. The number of ether oxygens (including phenoxy) is 2. The third-order valence-electron chi connectivity index (χ3n) is 2.06. The second-order valence-electron chi connectivity index (χ2n) is 3.13. The number of esters is 1. The third kappa shape index (κ3) is 3.34. The van der Waals surface area contributed by atoms with E-state index in [1.807, 2.05) is 0 Å². The second kappa shape index (κ2) is 5.69. The largest absolute Gasteiger partial charge is 0.497 e. The predicted molar refractivity (Wildman–Crippen MR) is 60.6 cm³/mol. The van der Waals surface area contributed by atoms with Crippen molar-refractivity contribution in [2.24, 2.45) is 0 Å². The molecule has 0 amide bonds. The maximum atomic E-state index is 11.2. The van der Waals surface area contributed by atoms with E-state index < -0.39 is 17.5 Å². The number of rotatable bonds is 4. The zero-order valence-electron chi connectivity index (χ0n) is 9.47. The van der Waals surface area contributed by atoms with Gasteiger partial charge in [-0.15, -0.1) is 0 Å². The van der Waals surface area contributed by atoms with Gasteiger partial charge in [0.2, 0.25) is 0 Å². The van der Waals surface area contributed by atoms with Gasteiger partial charge >= 0.3 is 11.9 Å². The minimum absolute atomic E-state index is 0.419. The highest BCUT2D eigenvalue weighted by Crippen LogP contribution is 2.14. The van der Waals surface area contributed by atoms with Crippen LogP contribution in [0.3, 0.4) is 0 Å². The summed E-state index contributed by atoms with van der Waals surface area (Å²) >= 11 is 0. The van der Waals surface area contributed by atoms with Gasteiger partial charge in [-0.1, -0.05) is 12.1 Å². The average Bonchev–Trinajstić information content (AvgIpc) is 2.35. The van der Waals surface area contributed by atoms with Crippen LogP contribution in [-0.2, 0) is 14.3 Å². The summed E-state index contributed by atoms with van der Waals surface area (Å²) < 4.78 is 9.34. The minimum atomic E-state index is -1.33. The number of benzene rings is 1. The van der Waals surface area contributed by atoms with Gasteiger partial charge in [0.15, 0.2) is 0 Å². The highest BCUT2D eigenvalue weighted by molar-refractivity contribution is 6.16. The summed E-state index contributed by atoms with van der Waals surface area (Å²) in [5, 5.41) is 8.84. The maximum Gasteiger partial charge on any atom is 0.345 e. The SMILES string of the molecule is COC(=O)C(=Cc1ccc(OC)cc1)C(=O)O. The second-order valence-corrected chi connectivity index (χ2v) is 3.13. The molecular weight excluding hydrogens is 224 g/mol. The molecule has 1 rings (SSSR count). The van der Waals surface area contributed by atoms with E-state index in [-0.39, 0.29) is 0 Å². The Morgan fingerprint density at radius 2 is 1.76 bits per heavy atom. The molecule has 1 N–H and O–H groups in total. The lowest BCUT2D eigenvalue weighted by molar-refractivity contribution is -0.142. The highest BCUT2D eigenvalue weighted by Gasteiger charge is 2.17. The van der Waals surface area contributed by atoms with Gasteiger partial charge in [0.1, 0.15) is 11.3 Å². The number of hydrogen-bond acceptors (Lipinski definition) is 4. The normalized spacial score (nSPS) is 10.8. The van der Waals surface area contributed by atoms with Crippen molar-refractivity contribution in [3.8, 4) is 5.75 Å². The van der Waals surface area contributed by atoms with Crippen molar-refractivity contribution >= 4 is 18.0 Å². The molecule has 0 bridgehead atoms. The van der Waals surface area contributed by atoms with Crippen molar-refractivity contribution in [3.05, 3.63) is 35.4 Å². The molecule has 0 aliphatic rings. The highest BCUT2D eigenvalue weighted by atomic mass is 16.5. The lowest BCUT2D eigenvalue weighted by Crippen LogP contribution is -2.13. The van der Waals surface area contributed by atoms with E-state index in [0.29, 0.717) is 11.3 Å². The Balaban J connectivity index is 3.04. The van der Waals surface area contributed by atoms with E-state index in [1.54, 1.807) is 24.3 Å². The molecule has 0 heterocycles. The number of carboxylic acids is 1. The number of methoxy groups -OCH3 is 2. The lowest BCUT2D eigenvalue weighted by atomic mass is 10.1. The fraction of sp³-hybridized carbons (Fsp3) is 0.167. The Hall–Kier alpha value is -2.30. The van der Waals surface area contributed by atoms with Crippen LogP contribution in [0.5, 0.6) is 5.75 Å². The van der Waals surface area contributed by atoms with Crippen LogP contribution in [0, 0.1) is 0 Å². The molecule has 17 heavy (non-hydrogen) atoms. The molecular formula is C12H12O5. The summed E-state index contributed by atoms with van der Waals surface area (Å²) in [6.07, 6.45) is 1.24. The molecule has 5 heteroatoms. The van der Waals surface area contributed by atoms with Crippen molar-refractivity contribution in [2.75, 3.05) is 14.2 Å². The van der Waals surface area contributed by atoms with Crippen molar-refractivity contribution in [3.63, 3.8) is 0 Å². The molecule has 0 radical (unpaired) electrons. The van der Waals surface area contributed by atoms with E-state index in [0.717, 1.165) is 7.11 Å². The Labute approximate surface area is 98.3 Å². The van der Waals surface area contributed by atoms with Crippen molar-refractivity contribution in [2.45, 2.75) is 0 Å². The smallest absolute Gasteiger partial charge is 0.345 e. The summed E-state index contributed by atoms with van der Waals surface area (Å²) in [6.45, 7) is 0. The number of carboxylic acid groups (broad SMARTS) is 1. The van der Waals surface area contributed by atoms with Gasteiger partial charge in [-0.25, -0.2) is 9.59 Å². The molecule has 0 saturated heterocycles. The van der Waals surface area contributed by atoms with Gasteiger partial charge in [0, 0.05) is 0 Å². The first-order valence-corrected chi connectivity index (χ1v) is 4.76. The van der Waals surface area contributed by atoms with E-state index in [2.05, 4.69) is 4.74 Å². The molecule has 0 fully saturated rings. The third-order valence-corrected chi connectivity index (χ3v) is 2.06. The van der Waals surface area contributed by atoms with Crippen LogP contribution in [0.2, 0.25) is 0 Å². The quantitative estimate of drug-likeness (QED) is 0.369. The van der Waals surface area contributed by atoms with E-state index in [4.69, 9.17) is 9.84 Å². The molecule has 0 aromatic heterocycles. The summed E-state index contributed by atoms with van der Waals surface area (Å²) in [6, 6.07) is 6.63. The fourth-order valence-electron chi connectivity index (χ4n) is 1.18. The molecule has 5 nitrogen and oxygen atoms in total. The first-order chi connectivity index (χ1) is 8.08. The zero-order chi connectivity index (χ0) is 12.8. The number of hydrogen-bond donors (Lipinski definition) is 1. The molecule has 0 unspecified atom stereocenters. The van der Waals surface area contributed by atoms with Crippen LogP contribution in [0.1, 0.15) is 5.56 Å². The molecule has 0 aliphatic carbocycles. The Kier molecular flexibility index (Phi) is 4.28. The average molecular weight is 236 g/mol. The predicted octanol–water partition coefficient (Wildman–Crippen LogP) is 1.34. The molecule has 90 valence electrons. The van der Waals surface area contributed by atoms with Gasteiger partial charge in [0.05, 0.1) is 14.2 Å². The van der Waals surface area contributed by atoms with E-state index in [9.17, 15) is 9.59 Å². The van der Waals surface area contributed by atoms with Gasteiger partial charge in [-0.2, -0.15) is 0 Å². The maximum absolute atomic E-state index is 11.2. The van der Waals surface area contributed by atoms with Crippen molar-refractivity contribution in [1.82, 2.24) is 0 Å². The molecule has 0 atom stereocenters. The van der Waals surface area contributed by atoms with Gasteiger partial charge in [-0.05, 0) is 23.8 Å². The van der Waals surface area contributed by atoms with Crippen molar-refractivity contribution in [1.29, 1.82) is 0 Å². The number of carbonyl (C=O) groups is 2. The fourth-order valence-corrected chi connectivity index (χ4v) is 1.18. The molecule has 0 aliphatic heterocycles. The van der Waals surface area contributed by atoms with Crippen molar-refractivity contribution < 1.29 is 24.2 Å². The summed E-state index contributed by atoms with van der Waals surface area (Å²) in [5.41, 5.74) is 0.159. The van der Waals surface area contributed by atoms with Crippen LogP contribution in [0.15, 0.2) is 29.8 Å². The number of carbonyl (C=O) groups excluding carboxylic acids is 1. The molecule has 0 saturated carbocycles. The molecule has 1 aromatic rings. The first kappa shape index (κ1) is 12.8. The van der Waals surface area contributed by atoms with Gasteiger partial charge in [0.25, 0.3) is 0 Å². The standard InChI is InChI=1S/C12H12O5/c1-16-9-5-3-8(4-6-9)7-10(11(13)14)12(15)17-2/h3-7H,1-2H3,(H,13,14). The molecule has 1 aromatic carbocycles. The number of aliphatic carboxylic acids is 1. The Bertz CT molecular complexity index is 444. The van der Waals surface area contributed by atoms with Crippen LogP contribution in [0.25, 0.3) is 6.08 Å². The molecule has 0 spiro atoms. The minimum Gasteiger partial charge on any atom is -0.497 e. The summed E-state index contributed by atoms with van der Waals surface area (Å²) in [7, 11) is 2.66. The topological polar surface area (TPSA) is 72.8 Å². The summed E-state index contributed by atoms with van der Waals surface area (Å²) in [4.78, 5) is 22.0. The van der Waals surface area contributed by atoms with Crippen LogP contribution < -0.4 is 4.74 Å². The monoisotopic (exact) mass is 236 g/mol. The Morgan fingerprint density at radius 3 is 2.18 bits per heavy atom. The zero-order valence-corrected chi connectivity index (χ0v) is 9.47. The van der Waals surface area contributed by atoms with Crippen LogP contribution >= 0.6 is 0 Å². The van der Waals surface area contributed by atoms with Gasteiger partial charge in [-0.3, -0.25) is 0 Å². The van der Waals surface area contributed by atoms with Gasteiger partial charge < -0.3 is 14.6 Å². The lowest BCUT2D eigenvalue weighted by Gasteiger charge is -2.02. The van der Waals surface area contributed by atoms with E-state index >= 15 is 0 Å². The Morgan fingerprint density at radius 1 is 1.18 bits per heavy atom. The van der Waals surface area contributed by atoms with E-state index in [1.165, 1.54) is 13.2 Å². The van der Waals surface area contributed by atoms with Crippen LogP contribution in [-0.4, -0.2) is 31.3 Å².